The largest absolute Gasteiger partial charge is 0.496 e. The molecule has 0 saturated heterocycles. The molecule has 0 amide bonds. The number of methoxy groups -OCH3 is 2. The van der Waals surface area contributed by atoms with Crippen molar-refractivity contribution in [2.45, 2.75) is 6.42 Å². The van der Waals surface area contributed by atoms with E-state index in [1.54, 1.807) is 6.08 Å². The lowest BCUT2D eigenvalue weighted by Crippen LogP contribution is -2.02. The van der Waals surface area contributed by atoms with Crippen LogP contribution in [0.1, 0.15) is 15.9 Å². The Morgan fingerprint density at radius 2 is 1.88 bits per heavy atom. The number of carboxylic acids is 1. The first-order valence-corrected chi connectivity index (χ1v) is 4.73. The van der Waals surface area contributed by atoms with E-state index in [9.17, 15) is 4.79 Å². The van der Waals surface area contributed by atoms with Crippen molar-refractivity contribution in [1.29, 1.82) is 0 Å². The summed E-state index contributed by atoms with van der Waals surface area (Å²) in [5.74, 6) is -0.0185. The highest BCUT2D eigenvalue weighted by molar-refractivity contribution is 5.89. The van der Waals surface area contributed by atoms with Crippen LogP contribution >= 0.6 is 0 Å². The van der Waals surface area contributed by atoms with Crippen LogP contribution < -0.4 is 9.47 Å². The molecule has 1 aromatic carbocycles. The fourth-order valence-corrected chi connectivity index (χ4v) is 1.45. The van der Waals surface area contributed by atoms with Crippen molar-refractivity contribution in [3.8, 4) is 11.5 Å². The summed E-state index contributed by atoms with van der Waals surface area (Å²) in [6, 6.07) is 2.95. The molecule has 0 heterocycles. The molecule has 0 unspecified atom stereocenters. The molecule has 86 valence electrons. The van der Waals surface area contributed by atoms with Crippen LogP contribution in [0.4, 0.5) is 0 Å². The highest BCUT2D eigenvalue weighted by Crippen LogP contribution is 2.31. The van der Waals surface area contributed by atoms with Gasteiger partial charge in [0.25, 0.3) is 0 Å². The van der Waals surface area contributed by atoms with Gasteiger partial charge in [0.2, 0.25) is 0 Å². The van der Waals surface area contributed by atoms with Crippen LogP contribution in [0.5, 0.6) is 11.5 Å². The highest BCUT2D eigenvalue weighted by Gasteiger charge is 2.14. The second kappa shape index (κ2) is 5.21. The Morgan fingerprint density at radius 1 is 1.38 bits per heavy atom. The van der Waals surface area contributed by atoms with Crippen LogP contribution in [-0.4, -0.2) is 25.3 Å². The molecule has 4 nitrogen and oxygen atoms in total. The fourth-order valence-electron chi connectivity index (χ4n) is 1.45. The van der Waals surface area contributed by atoms with Gasteiger partial charge in [0.1, 0.15) is 11.5 Å². The number of hydrogen-bond donors (Lipinski definition) is 1. The maximum absolute atomic E-state index is 10.9. The molecule has 0 radical (unpaired) electrons. The number of aromatic carboxylic acids is 1. The molecule has 0 aromatic heterocycles. The Bertz CT molecular complexity index is 384. The molecule has 0 fully saturated rings. The summed E-state index contributed by atoms with van der Waals surface area (Å²) in [5.41, 5.74) is 0.937. The molecule has 0 aliphatic carbocycles. The maximum atomic E-state index is 10.9. The van der Waals surface area contributed by atoms with Crippen molar-refractivity contribution in [3.05, 3.63) is 35.9 Å². The molecule has 0 saturated carbocycles. The van der Waals surface area contributed by atoms with Gasteiger partial charge in [-0.05, 0) is 18.6 Å². The van der Waals surface area contributed by atoms with Gasteiger partial charge in [-0.2, -0.15) is 0 Å². The van der Waals surface area contributed by atoms with Gasteiger partial charge in [0, 0.05) is 5.56 Å². The van der Waals surface area contributed by atoms with Crippen LogP contribution in [-0.2, 0) is 6.42 Å². The summed E-state index contributed by atoms with van der Waals surface area (Å²) in [4.78, 5) is 10.9. The summed E-state index contributed by atoms with van der Waals surface area (Å²) in [7, 11) is 2.99. The van der Waals surface area contributed by atoms with E-state index in [-0.39, 0.29) is 5.56 Å². The van der Waals surface area contributed by atoms with E-state index in [0.29, 0.717) is 17.9 Å². The average molecular weight is 222 g/mol. The van der Waals surface area contributed by atoms with Gasteiger partial charge in [0.05, 0.1) is 19.8 Å². The predicted octanol–water partition coefficient (Wildman–Crippen LogP) is 2.13. The zero-order chi connectivity index (χ0) is 12.1. The van der Waals surface area contributed by atoms with Gasteiger partial charge in [-0.3, -0.25) is 0 Å². The summed E-state index contributed by atoms with van der Waals surface area (Å²) in [6.07, 6.45) is 2.27. The van der Waals surface area contributed by atoms with E-state index < -0.39 is 5.97 Å². The third kappa shape index (κ3) is 2.34. The molecule has 0 aliphatic heterocycles. The molecule has 16 heavy (non-hydrogen) atoms. The number of benzene rings is 1. The number of allylic oxidation sites excluding steroid dienone is 1. The monoisotopic (exact) mass is 222 g/mol. The third-order valence-electron chi connectivity index (χ3n) is 2.20. The van der Waals surface area contributed by atoms with Crippen LogP contribution in [0.2, 0.25) is 0 Å². The zero-order valence-electron chi connectivity index (χ0n) is 9.32. The quantitative estimate of drug-likeness (QED) is 0.775. The van der Waals surface area contributed by atoms with Crippen molar-refractivity contribution in [1.82, 2.24) is 0 Å². The Kier molecular flexibility index (Phi) is 3.94. The predicted molar refractivity (Wildman–Crippen MR) is 60.4 cm³/mol. The Labute approximate surface area is 94.1 Å². The van der Waals surface area contributed by atoms with E-state index in [0.717, 1.165) is 5.56 Å². The van der Waals surface area contributed by atoms with Crippen LogP contribution in [0.3, 0.4) is 0 Å². The van der Waals surface area contributed by atoms with Gasteiger partial charge in [-0.1, -0.05) is 6.08 Å². The minimum absolute atomic E-state index is 0.140. The van der Waals surface area contributed by atoms with Gasteiger partial charge in [-0.25, -0.2) is 4.79 Å². The van der Waals surface area contributed by atoms with Gasteiger partial charge < -0.3 is 14.6 Å². The smallest absolute Gasteiger partial charge is 0.335 e. The number of hydrogen-bond acceptors (Lipinski definition) is 3. The van der Waals surface area contributed by atoms with Crippen molar-refractivity contribution in [3.63, 3.8) is 0 Å². The van der Waals surface area contributed by atoms with E-state index in [4.69, 9.17) is 14.6 Å². The van der Waals surface area contributed by atoms with Crippen molar-refractivity contribution in [2.24, 2.45) is 0 Å². The first-order chi connectivity index (χ1) is 7.63. The lowest BCUT2D eigenvalue weighted by atomic mass is 10.1. The van der Waals surface area contributed by atoms with Crippen molar-refractivity contribution >= 4 is 5.97 Å². The summed E-state index contributed by atoms with van der Waals surface area (Å²) in [6.45, 7) is 3.64. The second-order valence-corrected chi connectivity index (χ2v) is 3.16. The first-order valence-electron chi connectivity index (χ1n) is 4.73. The van der Waals surface area contributed by atoms with Crippen LogP contribution in [0, 0.1) is 0 Å². The standard InChI is InChI=1S/C12H14O4/c1-4-5-9-10(15-2)6-8(12(13)14)7-11(9)16-3/h4,6-7H,1,5H2,2-3H3,(H,13,14). The molecule has 0 aliphatic rings. The number of rotatable bonds is 5. The number of carbonyl (C=O) groups is 1. The summed E-state index contributed by atoms with van der Waals surface area (Å²) < 4.78 is 10.3. The molecular weight excluding hydrogens is 208 g/mol. The summed E-state index contributed by atoms with van der Waals surface area (Å²) >= 11 is 0. The highest BCUT2D eigenvalue weighted by atomic mass is 16.5. The Morgan fingerprint density at radius 3 is 2.19 bits per heavy atom. The molecule has 1 N–H and O–H groups in total. The lowest BCUT2D eigenvalue weighted by Gasteiger charge is -2.12. The molecular formula is C12H14O4. The van der Waals surface area contributed by atoms with E-state index in [2.05, 4.69) is 6.58 Å². The number of carboxylic acid groups (broad SMARTS) is 1. The first kappa shape index (κ1) is 12.1. The van der Waals surface area contributed by atoms with E-state index >= 15 is 0 Å². The van der Waals surface area contributed by atoms with Crippen LogP contribution in [0.25, 0.3) is 0 Å². The van der Waals surface area contributed by atoms with Gasteiger partial charge in [0.15, 0.2) is 0 Å². The molecule has 1 aromatic rings. The summed E-state index contributed by atoms with van der Waals surface area (Å²) in [5, 5.41) is 8.91. The minimum Gasteiger partial charge on any atom is -0.496 e. The SMILES string of the molecule is C=CCc1c(OC)cc(C(=O)O)cc1OC. The molecule has 0 spiro atoms. The van der Waals surface area contributed by atoms with Crippen molar-refractivity contribution < 1.29 is 19.4 Å². The van der Waals surface area contributed by atoms with Crippen molar-refractivity contribution in [2.75, 3.05) is 14.2 Å². The van der Waals surface area contributed by atoms with Gasteiger partial charge >= 0.3 is 5.97 Å². The van der Waals surface area contributed by atoms with Crippen LogP contribution in [0.15, 0.2) is 24.8 Å². The topological polar surface area (TPSA) is 55.8 Å². The molecule has 1 rings (SSSR count). The second-order valence-electron chi connectivity index (χ2n) is 3.16. The average Bonchev–Trinajstić information content (AvgIpc) is 2.29. The molecule has 4 heteroatoms. The van der Waals surface area contributed by atoms with Gasteiger partial charge in [-0.15, -0.1) is 6.58 Å². The van der Waals surface area contributed by atoms with E-state index in [1.807, 2.05) is 0 Å². The number of ether oxygens (including phenoxy) is 2. The molecule has 0 atom stereocenters. The van der Waals surface area contributed by atoms with E-state index in [1.165, 1.54) is 26.4 Å². The normalized spacial score (nSPS) is 9.62. The molecule has 0 bridgehead atoms. The lowest BCUT2D eigenvalue weighted by molar-refractivity contribution is 0.0696. The third-order valence-corrected chi connectivity index (χ3v) is 2.20. The zero-order valence-corrected chi connectivity index (χ0v) is 9.32. The fraction of sp³-hybridized carbons (Fsp3) is 0.250. The minimum atomic E-state index is -1.01. The maximum Gasteiger partial charge on any atom is 0.335 e. The Balaban J connectivity index is 3.35. The Hall–Kier alpha value is -1.97.